The average molecular weight is 496 g/mol. The summed E-state index contributed by atoms with van der Waals surface area (Å²) in [6.07, 6.45) is 1.42. The smallest absolute Gasteiger partial charge is 0.408 e. The van der Waals surface area contributed by atoms with Crippen LogP contribution in [0.15, 0.2) is 24.3 Å². The summed E-state index contributed by atoms with van der Waals surface area (Å²) < 4.78 is 18.5. The lowest BCUT2D eigenvalue weighted by molar-refractivity contribution is -0.147. The second kappa shape index (κ2) is 10.9. The number of alkyl carbamates (subject to hydrolysis) is 1. The number of anilines is 1. The summed E-state index contributed by atoms with van der Waals surface area (Å²) >= 11 is 0. The van der Waals surface area contributed by atoms with Gasteiger partial charge in [0.15, 0.2) is 0 Å². The molecule has 0 heterocycles. The van der Waals surface area contributed by atoms with E-state index in [9.17, 15) is 33.8 Å². The molecule has 11 heteroatoms. The van der Waals surface area contributed by atoms with Crippen molar-refractivity contribution in [1.29, 1.82) is 0 Å². The van der Waals surface area contributed by atoms with E-state index in [4.69, 9.17) is 4.74 Å². The molecule has 194 valence electrons. The second-order valence-electron chi connectivity index (χ2n) is 9.79. The number of halogens is 1. The molecule has 0 aromatic heterocycles. The summed E-state index contributed by atoms with van der Waals surface area (Å²) in [4.78, 5) is 48.5. The molecule has 3 amide bonds. The zero-order valence-corrected chi connectivity index (χ0v) is 20.6. The second-order valence-corrected chi connectivity index (χ2v) is 9.79. The third-order valence-corrected chi connectivity index (χ3v) is 5.94. The van der Waals surface area contributed by atoms with Crippen LogP contribution < -0.4 is 16.0 Å². The molecule has 3 rings (SSSR count). The van der Waals surface area contributed by atoms with E-state index < -0.39 is 64.8 Å². The molecule has 10 nitrogen and oxygen atoms in total. The van der Waals surface area contributed by atoms with E-state index in [0.717, 1.165) is 6.07 Å². The SMILES string of the molecule is CC(C)(C)OC(=O)NC1(C(=O)O)CC(NC(=O)Nc2cccc(F)c2)C2C(C(=O)O)C21.CCCC. The van der Waals surface area contributed by atoms with Gasteiger partial charge >= 0.3 is 24.1 Å². The number of aliphatic carboxylic acids is 2. The molecule has 35 heavy (non-hydrogen) atoms. The highest BCUT2D eigenvalue weighted by molar-refractivity contribution is 5.92. The molecule has 0 saturated heterocycles. The van der Waals surface area contributed by atoms with E-state index in [-0.39, 0.29) is 12.1 Å². The number of amides is 3. The van der Waals surface area contributed by atoms with E-state index in [0.29, 0.717) is 0 Å². The predicted molar refractivity (Wildman–Crippen MR) is 125 cm³/mol. The highest BCUT2D eigenvalue weighted by Gasteiger charge is 2.76. The van der Waals surface area contributed by atoms with Crippen LogP contribution >= 0.6 is 0 Å². The Kier molecular flexibility index (Phi) is 8.69. The predicted octanol–water partition coefficient (Wildman–Crippen LogP) is 3.82. The molecule has 5 N–H and O–H groups in total. The van der Waals surface area contributed by atoms with Crippen LogP contribution in [0.2, 0.25) is 0 Å². The Morgan fingerprint density at radius 3 is 2.26 bits per heavy atom. The number of hydrogen-bond acceptors (Lipinski definition) is 5. The quantitative estimate of drug-likeness (QED) is 0.402. The number of urea groups is 1. The molecular weight excluding hydrogens is 461 g/mol. The van der Waals surface area contributed by atoms with E-state index in [1.54, 1.807) is 20.8 Å². The summed E-state index contributed by atoms with van der Waals surface area (Å²) in [5.41, 5.74) is -2.62. The van der Waals surface area contributed by atoms with Crippen molar-refractivity contribution >= 4 is 29.8 Å². The molecule has 5 unspecified atom stereocenters. The van der Waals surface area contributed by atoms with E-state index >= 15 is 0 Å². The van der Waals surface area contributed by atoms with Crippen LogP contribution in [0, 0.1) is 23.6 Å². The van der Waals surface area contributed by atoms with Crippen LogP contribution in [0.5, 0.6) is 0 Å². The number of carbonyl (C=O) groups is 4. The van der Waals surface area contributed by atoms with Gasteiger partial charge < -0.3 is 30.9 Å². The van der Waals surface area contributed by atoms with Crippen LogP contribution in [0.25, 0.3) is 0 Å². The maximum Gasteiger partial charge on any atom is 0.408 e. The highest BCUT2D eigenvalue weighted by atomic mass is 19.1. The Morgan fingerprint density at radius 1 is 1.14 bits per heavy atom. The lowest BCUT2D eigenvalue weighted by Crippen LogP contribution is -2.58. The first kappa shape index (κ1) is 27.9. The Morgan fingerprint density at radius 2 is 1.77 bits per heavy atom. The number of rotatable bonds is 6. The third-order valence-electron chi connectivity index (χ3n) is 5.94. The standard InChI is InChI=1S/C20H24FN3O7.C4H10/c1-19(2,3)31-18(30)24-20(16(27)28)8-11(12-13(14(12)20)15(25)26)23-17(29)22-10-6-4-5-9(21)7-10;1-3-4-2/h4-7,11-14H,8H2,1-3H3,(H,24,30)(H,25,26)(H,27,28)(H2,22,23,29);3-4H2,1-2H3. The largest absolute Gasteiger partial charge is 0.481 e. The van der Waals surface area contributed by atoms with Crippen molar-refractivity contribution in [1.82, 2.24) is 10.6 Å². The number of ether oxygens (including phenoxy) is 1. The van der Waals surface area contributed by atoms with Gasteiger partial charge in [0.2, 0.25) is 0 Å². The minimum absolute atomic E-state index is 0.175. The lowest BCUT2D eigenvalue weighted by atomic mass is 9.89. The van der Waals surface area contributed by atoms with Gasteiger partial charge in [0, 0.05) is 24.1 Å². The molecular formula is C24H34FN3O7. The van der Waals surface area contributed by atoms with Crippen LogP contribution in [0.4, 0.5) is 19.7 Å². The molecule has 5 atom stereocenters. The summed E-state index contributed by atoms with van der Waals surface area (Å²) in [6, 6.07) is 3.57. The van der Waals surface area contributed by atoms with E-state index in [1.165, 1.54) is 31.0 Å². The van der Waals surface area contributed by atoms with Crippen molar-refractivity contribution in [3.8, 4) is 0 Å². The number of hydrogen-bond donors (Lipinski definition) is 5. The average Bonchev–Trinajstić information content (AvgIpc) is 3.41. The van der Waals surface area contributed by atoms with Gasteiger partial charge in [0.25, 0.3) is 0 Å². The highest BCUT2D eigenvalue weighted by Crippen LogP contribution is 2.62. The van der Waals surface area contributed by atoms with Crippen LogP contribution in [0.3, 0.4) is 0 Å². The number of carboxylic acid groups (broad SMARTS) is 2. The normalized spacial score (nSPS) is 26.3. The van der Waals surface area contributed by atoms with Crippen LogP contribution in [-0.2, 0) is 14.3 Å². The molecule has 1 aromatic carbocycles. The Bertz CT molecular complexity index is 963. The van der Waals surface area contributed by atoms with Crippen molar-refractivity contribution in [3.63, 3.8) is 0 Å². The molecule has 2 fully saturated rings. The molecule has 2 aliphatic rings. The topological polar surface area (TPSA) is 154 Å². The van der Waals surface area contributed by atoms with Gasteiger partial charge in [0.05, 0.1) is 5.92 Å². The van der Waals surface area contributed by atoms with Gasteiger partial charge in [-0.1, -0.05) is 32.8 Å². The van der Waals surface area contributed by atoms with Gasteiger partial charge in [0.1, 0.15) is 17.0 Å². The minimum atomic E-state index is -1.91. The minimum Gasteiger partial charge on any atom is -0.481 e. The summed E-state index contributed by atoms with van der Waals surface area (Å²) in [5, 5.41) is 26.7. The molecule has 1 aromatic rings. The number of unbranched alkanes of at least 4 members (excludes halogenated alkanes) is 1. The molecule has 2 saturated carbocycles. The van der Waals surface area contributed by atoms with Gasteiger partial charge in [-0.3, -0.25) is 4.79 Å². The van der Waals surface area contributed by atoms with Crippen molar-refractivity contribution in [2.24, 2.45) is 17.8 Å². The first-order valence-electron chi connectivity index (χ1n) is 11.6. The number of benzene rings is 1. The molecule has 0 bridgehead atoms. The third kappa shape index (κ3) is 6.83. The number of nitrogens with one attached hydrogen (secondary N) is 3. The first-order valence-corrected chi connectivity index (χ1v) is 11.6. The zero-order valence-electron chi connectivity index (χ0n) is 20.6. The van der Waals surface area contributed by atoms with Gasteiger partial charge in [-0.15, -0.1) is 0 Å². The van der Waals surface area contributed by atoms with E-state index in [1.807, 2.05) is 0 Å². The summed E-state index contributed by atoms with van der Waals surface area (Å²) in [5.74, 6) is -5.86. The van der Waals surface area contributed by atoms with Crippen LogP contribution in [0.1, 0.15) is 53.9 Å². The fourth-order valence-electron chi connectivity index (χ4n) is 4.36. The van der Waals surface area contributed by atoms with Gasteiger partial charge in [-0.25, -0.2) is 18.8 Å². The summed E-state index contributed by atoms with van der Waals surface area (Å²) in [6.45, 7) is 9.18. The molecule has 0 radical (unpaired) electrons. The molecule has 0 spiro atoms. The number of carbonyl (C=O) groups excluding carboxylic acids is 2. The number of fused-ring (bicyclic) bond motifs is 1. The fourth-order valence-corrected chi connectivity index (χ4v) is 4.36. The van der Waals surface area contributed by atoms with Crippen molar-refractivity contribution in [2.45, 2.75) is 71.1 Å². The maximum atomic E-state index is 13.3. The zero-order chi connectivity index (χ0) is 26.6. The van der Waals surface area contributed by atoms with E-state index in [2.05, 4.69) is 29.8 Å². The van der Waals surface area contributed by atoms with Crippen molar-refractivity contribution in [2.75, 3.05) is 5.32 Å². The van der Waals surface area contributed by atoms with Crippen LogP contribution in [-0.4, -0.2) is 51.5 Å². The first-order chi connectivity index (χ1) is 16.3. The molecule has 2 aliphatic carbocycles. The molecule has 0 aliphatic heterocycles. The Labute approximate surface area is 203 Å². The summed E-state index contributed by atoms with van der Waals surface area (Å²) in [7, 11) is 0. The Balaban J connectivity index is 0.00000100. The monoisotopic (exact) mass is 495 g/mol. The number of carboxylic acids is 2. The van der Waals surface area contributed by atoms with Gasteiger partial charge in [-0.2, -0.15) is 0 Å². The maximum absolute atomic E-state index is 13.3. The van der Waals surface area contributed by atoms with Gasteiger partial charge in [-0.05, 0) is 44.9 Å². The van der Waals surface area contributed by atoms with Crippen molar-refractivity contribution < 1.29 is 38.5 Å². The fraction of sp³-hybridized carbons (Fsp3) is 0.583. The lowest BCUT2D eigenvalue weighted by Gasteiger charge is -2.31. The van der Waals surface area contributed by atoms with Crippen molar-refractivity contribution in [3.05, 3.63) is 30.1 Å². The Hall–Kier alpha value is -3.37.